The van der Waals surface area contributed by atoms with Gasteiger partial charge in [0.2, 0.25) is 0 Å². The smallest absolute Gasteiger partial charge is 0.0971 e. The second kappa shape index (κ2) is 16.0. The van der Waals surface area contributed by atoms with E-state index < -0.39 is 0 Å². The van der Waals surface area contributed by atoms with Crippen molar-refractivity contribution in [3.63, 3.8) is 0 Å². The van der Waals surface area contributed by atoms with Gasteiger partial charge in [0.25, 0.3) is 0 Å². The van der Waals surface area contributed by atoms with Crippen LogP contribution < -0.4 is 24.8 Å². The van der Waals surface area contributed by atoms with Crippen molar-refractivity contribution in [2.45, 2.75) is 25.7 Å². The Labute approximate surface area is 163 Å². The van der Waals surface area contributed by atoms with Gasteiger partial charge in [-0.25, -0.2) is 0 Å². The first kappa shape index (κ1) is 28.3. The number of unbranched alkanes of at least 4 members (excludes halogenated alkanes) is 3. The lowest BCUT2D eigenvalue weighted by Crippen LogP contribution is -3.00. The van der Waals surface area contributed by atoms with Crippen molar-refractivity contribution in [3.8, 4) is 0 Å². The molecule has 0 N–H and O–H groups in total. The van der Waals surface area contributed by atoms with Gasteiger partial charge >= 0.3 is 0 Å². The molecule has 0 saturated carbocycles. The van der Waals surface area contributed by atoms with E-state index >= 15 is 0 Å². The zero-order valence-electron chi connectivity index (χ0n) is 15.9. The number of rotatable bonds is 15. The molecule has 0 unspecified atom stereocenters. The van der Waals surface area contributed by atoms with E-state index in [1.54, 1.807) is 0 Å². The lowest BCUT2D eigenvalue weighted by Gasteiger charge is -2.33. The van der Waals surface area contributed by atoms with E-state index in [2.05, 4.69) is 40.4 Å². The predicted molar refractivity (Wildman–Crippen MR) is 101 cm³/mol. The third-order valence-electron chi connectivity index (χ3n) is 4.43. The number of halogens is 2. The van der Waals surface area contributed by atoms with E-state index in [0.717, 1.165) is 35.1 Å². The van der Waals surface area contributed by atoms with Gasteiger partial charge in [0.05, 0.1) is 53.4 Å². The molecule has 0 bridgehead atoms. The fourth-order valence-corrected chi connectivity index (χ4v) is 3.10. The normalized spacial score (nSPS) is 10.9. The predicted octanol–water partition coefficient (Wildman–Crippen LogP) is -1.81. The summed E-state index contributed by atoms with van der Waals surface area (Å²) in [5.41, 5.74) is 0. The Balaban J connectivity index is -0.00000220. The van der Waals surface area contributed by atoms with Crippen LogP contribution in [0.25, 0.3) is 0 Å². The monoisotopic (exact) mass is 376 g/mol. The third kappa shape index (κ3) is 12.8. The number of quaternary nitrogens is 2. The SMILES string of the molecule is C=CC[N+](C)(CC=C)CCCCCC[N+](C)(CC=C)CC=C.[Cl-].[Cl-]. The molecular formula is C20H38Cl2N2. The maximum Gasteiger partial charge on any atom is 0.0971 e. The first-order chi connectivity index (χ1) is 10.4. The summed E-state index contributed by atoms with van der Waals surface area (Å²) in [6.45, 7) is 22.1. The number of hydrogen-bond acceptors (Lipinski definition) is 0. The van der Waals surface area contributed by atoms with Crippen molar-refractivity contribution in [1.82, 2.24) is 0 Å². The van der Waals surface area contributed by atoms with Crippen molar-refractivity contribution >= 4 is 0 Å². The Kier molecular flexibility index (Phi) is 18.8. The van der Waals surface area contributed by atoms with E-state index in [9.17, 15) is 0 Å². The molecule has 24 heavy (non-hydrogen) atoms. The second-order valence-corrected chi connectivity index (χ2v) is 6.99. The van der Waals surface area contributed by atoms with E-state index in [0.29, 0.717) is 0 Å². The number of likely N-dealkylation sites (N-methyl/N-ethyl adjacent to an activating group) is 2. The molecule has 0 radical (unpaired) electrons. The largest absolute Gasteiger partial charge is 1.00 e. The van der Waals surface area contributed by atoms with Crippen molar-refractivity contribution in [3.05, 3.63) is 50.6 Å². The quantitative estimate of drug-likeness (QED) is 0.179. The van der Waals surface area contributed by atoms with Gasteiger partial charge in [0.15, 0.2) is 0 Å². The van der Waals surface area contributed by atoms with E-state index in [1.807, 2.05) is 24.3 Å². The fraction of sp³-hybridized carbons (Fsp3) is 0.600. The Morgan fingerprint density at radius 3 is 1.00 bits per heavy atom. The standard InChI is InChI=1S/C20H38N2.2ClH/c1-7-15-21(5,16-8-2)19-13-11-12-14-20-22(6,17-9-3)18-10-4;;/h7-10H,1-4,11-20H2,5-6H3;2*1H/q+2;;/p-2. The van der Waals surface area contributed by atoms with Crippen LogP contribution in [0.5, 0.6) is 0 Å². The van der Waals surface area contributed by atoms with Crippen molar-refractivity contribution in [2.24, 2.45) is 0 Å². The molecule has 0 heterocycles. The van der Waals surface area contributed by atoms with Gasteiger partial charge < -0.3 is 33.8 Å². The first-order valence-electron chi connectivity index (χ1n) is 8.56. The molecule has 0 saturated heterocycles. The van der Waals surface area contributed by atoms with E-state index in [-0.39, 0.29) is 24.8 Å². The summed E-state index contributed by atoms with van der Waals surface area (Å²) >= 11 is 0. The second-order valence-electron chi connectivity index (χ2n) is 6.99. The molecule has 0 aromatic heterocycles. The molecule has 142 valence electrons. The van der Waals surface area contributed by atoms with Crippen LogP contribution in [0.4, 0.5) is 0 Å². The van der Waals surface area contributed by atoms with Crippen LogP contribution in [0, 0.1) is 0 Å². The van der Waals surface area contributed by atoms with Gasteiger partial charge in [0.1, 0.15) is 0 Å². The van der Waals surface area contributed by atoms with Gasteiger partial charge in [-0.15, -0.1) is 0 Å². The van der Waals surface area contributed by atoms with Crippen molar-refractivity contribution in [1.29, 1.82) is 0 Å². The highest BCUT2D eigenvalue weighted by molar-refractivity contribution is 4.72. The molecule has 0 spiro atoms. The summed E-state index contributed by atoms with van der Waals surface area (Å²) in [7, 11) is 4.59. The summed E-state index contributed by atoms with van der Waals surface area (Å²) in [4.78, 5) is 0. The molecule has 0 fully saturated rings. The summed E-state index contributed by atoms with van der Waals surface area (Å²) in [6, 6.07) is 0. The Morgan fingerprint density at radius 2 is 0.792 bits per heavy atom. The zero-order valence-corrected chi connectivity index (χ0v) is 17.4. The zero-order chi connectivity index (χ0) is 16.9. The lowest BCUT2D eigenvalue weighted by atomic mass is 10.1. The maximum atomic E-state index is 3.88. The Hall–Kier alpha value is -0.540. The number of hydrogen-bond donors (Lipinski definition) is 0. The fourth-order valence-electron chi connectivity index (χ4n) is 3.10. The molecule has 0 aliphatic rings. The highest BCUT2D eigenvalue weighted by Crippen LogP contribution is 2.11. The summed E-state index contributed by atoms with van der Waals surface area (Å²) in [5.74, 6) is 0. The molecule has 0 rings (SSSR count). The summed E-state index contributed by atoms with van der Waals surface area (Å²) < 4.78 is 2.07. The molecule has 0 amide bonds. The van der Waals surface area contributed by atoms with Crippen LogP contribution in [0.2, 0.25) is 0 Å². The molecule has 0 aromatic carbocycles. The topological polar surface area (TPSA) is 0 Å². The van der Waals surface area contributed by atoms with Crippen LogP contribution in [0.1, 0.15) is 25.7 Å². The van der Waals surface area contributed by atoms with Gasteiger partial charge in [-0.2, -0.15) is 0 Å². The summed E-state index contributed by atoms with van der Waals surface area (Å²) in [5, 5.41) is 0. The molecule has 0 aromatic rings. The Morgan fingerprint density at radius 1 is 0.542 bits per heavy atom. The maximum absolute atomic E-state index is 3.88. The van der Waals surface area contributed by atoms with Crippen LogP contribution in [0.15, 0.2) is 50.6 Å². The van der Waals surface area contributed by atoms with E-state index in [4.69, 9.17) is 0 Å². The first-order valence-corrected chi connectivity index (χ1v) is 8.56. The van der Waals surface area contributed by atoms with Gasteiger partial charge in [0, 0.05) is 0 Å². The number of nitrogens with zero attached hydrogens (tertiary/aromatic N) is 2. The minimum atomic E-state index is 0. The van der Waals surface area contributed by atoms with Gasteiger partial charge in [-0.1, -0.05) is 26.3 Å². The van der Waals surface area contributed by atoms with Crippen molar-refractivity contribution in [2.75, 3.05) is 53.4 Å². The van der Waals surface area contributed by atoms with Crippen molar-refractivity contribution < 1.29 is 33.8 Å². The molecular weight excluding hydrogens is 339 g/mol. The highest BCUT2D eigenvalue weighted by Gasteiger charge is 2.18. The van der Waals surface area contributed by atoms with Crippen LogP contribution in [-0.2, 0) is 0 Å². The van der Waals surface area contributed by atoms with Crippen LogP contribution >= 0.6 is 0 Å². The Bertz CT molecular complexity index is 300. The highest BCUT2D eigenvalue weighted by atomic mass is 35.5. The minimum Gasteiger partial charge on any atom is -1.00 e. The summed E-state index contributed by atoms with van der Waals surface area (Å²) in [6.07, 6.45) is 13.3. The molecule has 0 atom stereocenters. The van der Waals surface area contributed by atoms with Crippen LogP contribution in [0.3, 0.4) is 0 Å². The molecule has 4 heteroatoms. The van der Waals surface area contributed by atoms with Gasteiger partial charge in [-0.3, -0.25) is 0 Å². The molecule has 2 nitrogen and oxygen atoms in total. The lowest BCUT2D eigenvalue weighted by molar-refractivity contribution is -0.899. The average molecular weight is 377 g/mol. The van der Waals surface area contributed by atoms with E-state index in [1.165, 1.54) is 38.8 Å². The van der Waals surface area contributed by atoms with Crippen LogP contribution in [-0.4, -0.2) is 62.3 Å². The average Bonchev–Trinajstić information content (AvgIpc) is 2.44. The third-order valence-corrected chi connectivity index (χ3v) is 4.43. The van der Waals surface area contributed by atoms with Gasteiger partial charge in [-0.05, 0) is 50.0 Å². The minimum absolute atomic E-state index is 0. The molecule has 0 aliphatic carbocycles. The molecule has 0 aliphatic heterocycles.